The van der Waals surface area contributed by atoms with E-state index in [9.17, 15) is 0 Å². The van der Waals surface area contributed by atoms with Crippen LogP contribution in [0, 0.1) is 6.92 Å². The summed E-state index contributed by atoms with van der Waals surface area (Å²) in [6, 6.07) is 1.91. The number of rotatable bonds is 4. The first kappa shape index (κ1) is 10.8. The number of hydrogen-bond donors (Lipinski definition) is 2. The zero-order valence-electron chi connectivity index (χ0n) is 9.19. The Kier molecular flexibility index (Phi) is 3.31. The van der Waals surface area contributed by atoms with Crippen LogP contribution in [0.1, 0.15) is 11.4 Å². The minimum atomic E-state index is 0.626. The van der Waals surface area contributed by atoms with Crippen LogP contribution in [-0.4, -0.2) is 22.0 Å². The van der Waals surface area contributed by atoms with Crippen LogP contribution in [0.4, 0.5) is 11.8 Å². The summed E-state index contributed by atoms with van der Waals surface area (Å²) < 4.78 is 0. The highest BCUT2D eigenvalue weighted by Crippen LogP contribution is 2.10. The third kappa shape index (κ3) is 2.66. The van der Waals surface area contributed by atoms with E-state index in [1.54, 1.807) is 18.4 Å². The van der Waals surface area contributed by atoms with Gasteiger partial charge in [0.25, 0.3) is 0 Å². The number of hydrogen-bond acceptors (Lipinski definition) is 6. The minimum absolute atomic E-state index is 0.626. The molecule has 0 saturated carbocycles. The Balaban J connectivity index is 2.06. The molecule has 6 heteroatoms. The number of nitrogens with zero attached hydrogens (tertiary/aromatic N) is 3. The molecule has 16 heavy (non-hydrogen) atoms. The predicted octanol–water partition coefficient (Wildman–Crippen LogP) is 1.90. The number of anilines is 2. The van der Waals surface area contributed by atoms with E-state index < -0.39 is 0 Å². The van der Waals surface area contributed by atoms with Crippen molar-refractivity contribution in [3.8, 4) is 0 Å². The van der Waals surface area contributed by atoms with Crippen molar-refractivity contribution in [2.24, 2.45) is 0 Å². The SMILES string of the molecule is CNc1nc(C)cc(NCc2cscn2)n1. The third-order valence-corrected chi connectivity index (χ3v) is 2.65. The highest BCUT2D eigenvalue weighted by molar-refractivity contribution is 7.07. The normalized spacial score (nSPS) is 10.1. The molecule has 2 heterocycles. The molecule has 2 N–H and O–H groups in total. The molecule has 0 aliphatic heterocycles. The lowest BCUT2D eigenvalue weighted by Crippen LogP contribution is -2.05. The van der Waals surface area contributed by atoms with Crippen LogP contribution in [0.5, 0.6) is 0 Å². The lowest BCUT2D eigenvalue weighted by molar-refractivity contribution is 1.03. The first-order chi connectivity index (χ1) is 7.78. The van der Waals surface area contributed by atoms with Crippen LogP contribution in [0.2, 0.25) is 0 Å². The van der Waals surface area contributed by atoms with E-state index >= 15 is 0 Å². The summed E-state index contributed by atoms with van der Waals surface area (Å²) in [6.07, 6.45) is 0. The second-order valence-corrected chi connectivity index (χ2v) is 4.02. The molecular formula is C10H13N5S. The molecular weight excluding hydrogens is 222 g/mol. The van der Waals surface area contributed by atoms with Crippen molar-refractivity contribution >= 4 is 23.1 Å². The van der Waals surface area contributed by atoms with Crippen LogP contribution < -0.4 is 10.6 Å². The van der Waals surface area contributed by atoms with Crippen LogP contribution in [0.15, 0.2) is 17.0 Å². The van der Waals surface area contributed by atoms with E-state index in [1.807, 2.05) is 23.9 Å². The maximum Gasteiger partial charge on any atom is 0.224 e. The van der Waals surface area contributed by atoms with E-state index in [0.29, 0.717) is 12.5 Å². The van der Waals surface area contributed by atoms with E-state index in [0.717, 1.165) is 17.2 Å². The van der Waals surface area contributed by atoms with Crippen molar-refractivity contribution in [1.29, 1.82) is 0 Å². The maximum absolute atomic E-state index is 4.29. The molecule has 0 aliphatic rings. The van der Waals surface area contributed by atoms with E-state index in [1.165, 1.54) is 0 Å². The van der Waals surface area contributed by atoms with Crippen LogP contribution >= 0.6 is 11.3 Å². The molecule has 2 rings (SSSR count). The molecule has 0 spiro atoms. The van der Waals surface area contributed by atoms with Gasteiger partial charge in [0.15, 0.2) is 0 Å². The molecule has 5 nitrogen and oxygen atoms in total. The molecule has 0 unspecified atom stereocenters. The Bertz CT molecular complexity index is 454. The summed E-state index contributed by atoms with van der Waals surface area (Å²) in [6.45, 7) is 2.62. The maximum atomic E-state index is 4.29. The molecule has 84 valence electrons. The Morgan fingerprint density at radius 2 is 2.25 bits per heavy atom. The molecule has 2 aromatic heterocycles. The molecule has 0 amide bonds. The molecule has 0 bridgehead atoms. The topological polar surface area (TPSA) is 62.7 Å². The number of nitrogens with one attached hydrogen (secondary N) is 2. The Morgan fingerprint density at radius 3 is 2.94 bits per heavy atom. The number of aromatic nitrogens is 3. The van der Waals surface area contributed by atoms with Crippen LogP contribution in [-0.2, 0) is 6.54 Å². The summed E-state index contributed by atoms with van der Waals surface area (Å²) in [5.74, 6) is 1.44. The fourth-order valence-corrected chi connectivity index (χ4v) is 1.84. The smallest absolute Gasteiger partial charge is 0.224 e. The summed E-state index contributed by atoms with van der Waals surface area (Å²) >= 11 is 1.59. The minimum Gasteiger partial charge on any atom is -0.364 e. The van der Waals surface area contributed by atoms with Crippen molar-refractivity contribution < 1.29 is 0 Å². The van der Waals surface area contributed by atoms with Crippen LogP contribution in [0.25, 0.3) is 0 Å². The molecule has 2 aromatic rings. The van der Waals surface area contributed by atoms with Gasteiger partial charge in [-0.1, -0.05) is 0 Å². The van der Waals surface area contributed by atoms with Gasteiger partial charge in [-0.2, -0.15) is 4.98 Å². The van der Waals surface area contributed by atoms with Gasteiger partial charge in [-0.05, 0) is 6.92 Å². The Labute approximate surface area is 98.0 Å². The summed E-state index contributed by atoms with van der Waals surface area (Å²) in [5.41, 5.74) is 3.77. The van der Waals surface area contributed by atoms with E-state index in [-0.39, 0.29) is 0 Å². The fraction of sp³-hybridized carbons (Fsp3) is 0.300. The molecule has 0 atom stereocenters. The second kappa shape index (κ2) is 4.89. The van der Waals surface area contributed by atoms with E-state index in [2.05, 4.69) is 25.6 Å². The summed E-state index contributed by atoms with van der Waals surface area (Å²) in [5, 5.41) is 8.16. The lowest BCUT2D eigenvalue weighted by Gasteiger charge is -2.06. The first-order valence-electron chi connectivity index (χ1n) is 4.92. The van der Waals surface area contributed by atoms with Gasteiger partial charge < -0.3 is 10.6 Å². The van der Waals surface area contributed by atoms with E-state index in [4.69, 9.17) is 0 Å². The van der Waals surface area contributed by atoms with Gasteiger partial charge >= 0.3 is 0 Å². The molecule has 0 aromatic carbocycles. The number of aryl methyl sites for hydroxylation is 1. The van der Waals surface area contributed by atoms with Gasteiger partial charge in [0.2, 0.25) is 5.95 Å². The van der Waals surface area contributed by atoms with Crippen molar-refractivity contribution in [3.05, 3.63) is 28.3 Å². The standard InChI is InChI=1S/C10H13N5S/c1-7-3-9(15-10(11-2)14-7)12-4-8-5-16-6-13-8/h3,5-6H,4H2,1-2H3,(H2,11,12,14,15). The molecule has 0 aliphatic carbocycles. The average molecular weight is 235 g/mol. The van der Waals surface area contributed by atoms with Crippen molar-refractivity contribution in [3.63, 3.8) is 0 Å². The summed E-state index contributed by atoms with van der Waals surface area (Å²) in [4.78, 5) is 12.7. The molecule has 0 radical (unpaired) electrons. The number of thiazole rings is 1. The largest absolute Gasteiger partial charge is 0.364 e. The van der Waals surface area contributed by atoms with Gasteiger partial charge in [0, 0.05) is 24.2 Å². The third-order valence-electron chi connectivity index (χ3n) is 2.01. The highest BCUT2D eigenvalue weighted by Gasteiger charge is 2.01. The lowest BCUT2D eigenvalue weighted by atomic mass is 10.4. The van der Waals surface area contributed by atoms with Crippen molar-refractivity contribution in [2.45, 2.75) is 13.5 Å². The van der Waals surface area contributed by atoms with Crippen molar-refractivity contribution in [1.82, 2.24) is 15.0 Å². The molecule has 0 fully saturated rings. The van der Waals surface area contributed by atoms with Gasteiger partial charge in [-0.3, -0.25) is 0 Å². The first-order valence-corrected chi connectivity index (χ1v) is 5.86. The highest BCUT2D eigenvalue weighted by atomic mass is 32.1. The van der Waals surface area contributed by atoms with Gasteiger partial charge in [-0.15, -0.1) is 11.3 Å². The van der Waals surface area contributed by atoms with Crippen molar-refractivity contribution in [2.75, 3.05) is 17.7 Å². The fourth-order valence-electron chi connectivity index (χ4n) is 1.28. The predicted molar refractivity (Wildman–Crippen MR) is 65.8 cm³/mol. The van der Waals surface area contributed by atoms with Crippen LogP contribution in [0.3, 0.4) is 0 Å². The zero-order chi connectivity index (χ0) is 11.4. The Hall–Kier alpha value is -1.69. The average Bonchev–Trinajstić information content (AvgIpc) is 2.78. The molecule has 0 saturated heterocycles. The zero-order valence-corrected chi connectivity index (χ0v) is 10.0. The van der Waals surface area contributed by atoms with Gasteiger partial charge in [-0.25, -0.2) is 9.97 Å². The monoisotopic (exact) mass is 235 g/mol. The second-order valence-electron chi connectivity index (χ2n) is 3.30. The van der Waals surface area contributed by atoms with Gasteiger partial charge in [0.05, 0.1) is 17.7 Å². The summed E-state index contributed by atoms with van der Waals surface area (Å²) in [7, 11) is 1.80. The Morgan fingerprint density at radius 1 is 1.38 bits per heavy atom. The quantitative estimate of drug-likeness (QED) is 0.847. The van der Waals surface area contributed by atoms with Gasteiger partial charge in [0.1, 0.15) is 5.82 Å².